The molecule has 0 radical (unpaired) electrons. The van der Waals surface area contributed by atoms with Crippen LogP contribution in [-0.2, 0) is 4.79 Å². The number of halogens is 1. The summed E-state index contributed by atoms with van der Waals surface area (Å²) in [7, 11) is 0. The molecule has 1 aromatic rings. The molecule has 4 nitrogen and oxygen atoms in total. The van der Waals surface area contributed by atoms with E-state index in [-0.39, 0.29) is 12.1 Å². The number of nitrogens with one attached hydrogen (secondary N) is 1. The summed E-state index contributed by atoms with van der Waals surface area (Å²) in [5.41, 5.74) is 4.92. The van der Waals surface area contributed by atoms with Crippen molar-refractivity contribution in [3.05, 3.63) is 35.6 Å². The third kappa shape index (κ3) is 2.93. The minimum atomic E-state index is -0.988. The van der Waals surface area contributed by atoms with E-state index in [1.54, 1.807) is 12.1 Å². The quantitative estimate of drug-likeness (QED) is 0.750. The smallest absolute Gasteiger partial charge is 0.237 e. The Balaban J connectivity index is 2.02. The standard InChI is InChI=1S/C14H19FN2O2/c15-11-6-2-1-5-10(11)12(18)9-17-14(13(16)19)7-3-4-8-14/h1-2,5-6,12,17-18H,3-4,7-9H2,(H2,16,19). The van der Waals surface area contributed by atoms with E-state index in [0.717, 1.165) is 12.8 Å². The molecule has 104 valence electrons. The van der Waals surface area contributed by atoms with Gasteiger partial charge in [0.05, 0.1) is 11.6 Å². The maximum Gasteiger partial charge on any atom is 0.237 e. The zero-order valence-electron chi connectivity index (χ0n) is 10.7. The van der Waals surface area contributed by atoms with Crippen LogP contribution in [0.15, 0.2) is 24.3 Å². The summed E-state index contributed by atoms with van der Waals surface area (Å²) in [6, 6.07) is 6.08. The third-order valence-electron chi connectivity index (χ3n) is 3.83. The zero-order chi connectivity index (χ0) is 13.9. The number of aliphatic hydroxyl groups excluding tert-OH is 1. The molecule has 0 aromatic heterocycles. The van der Waals surface area contributed by atoms with Crippen molar-refractivity contribution in [2.45, 2.75) is 37.3 Å². The van der Waals surface area contributed by atoms with E-state index in [1.807, 2.05) is 0 Å². The fraction of sp³-hybridized carbons (Fsp3) is 0.500. The molecular weight excluding hydrogens is 247 g/mol. The van der Waals surface area contributed by atoms with E-state index < -0.39 is 23.4 Å². The first-order valence-corrected chi connectivity index (χ1v) is 6.52. The van der Waals surface area contributed by atoms with Gasteiger partial charge in [-0.2, -0.15) is 0 Å². The van der Waals surface area contributed by atoms with E-state index in [2.05, 4.69) is 5.32 Å². The molecule has 1 aliphatic rings. The van der Waals surface area contributed by atoms with Crippen LogP contribution in [-0.4, -0.2) is 23.1 Å². The maximum atomic E-state index is 13.5. The van der Waals surface area contributed by atoms with Crippen molar-refractivity contribution in [3.8, 4) is 0 Å². The van der Waals surface area contributed by atoms with Gasteiger partial charge in [-0.1, -0.05) is 31.0 Å². The monoisotopic (exact) mass is 266 g/mol. The van der Waals surface area contributed by atoms with Crippen LogP contribution in [0.3, 0.4) is 0 Å². The molecule has 0 spiro atoms. The Hall–Kier alpha value is -1.46. The summed E-state index contributed by atoms with van der Waals surface area (Å²) >= 11 is 0. The summed E-state index contributed by atoms with van der Waals surface area (Å²) in [6.07, 6.45) is 2.23. The Kier molecular flexibility index (Phi) is 4.17. The van der Waals surface area contributed by atoms with Crippen molar-refractivity contribution < 1.29 is 14.3 Å². The van der Waals surface area contributed by atoms with Gasteiger partial charge >= 0.3 is 0 Å². The molecule has 1 amide bonds. The van der Waals surface area contributed by atoms with E-state index in [0.29, 0.717) is 12.8 Å². The molecule has 0 aliphatic heterocycles. The summed E-state index contributed by atoms with van der Waals surface area (Å²) in [4.78, 5) is 11.5. The first kappa shape index (κ1) is 14.0. The van der Waals surface area contributed by atoms with Gasteiger partial charge in [-0.3, -0.25) is 4.79 Å². The van der Waals surface area contributed by atoms with E-state index in [9.17, 15) is 14.3 Å². The third-order valence-corrected chi connectivity index (χ3v) is 3.83. The number of hydrogen-bond donors (Lipinski definition) is 3. The van der Waals surface area contributed by atoms with E-state index in [1.165, 1.54) is 12.1 Å². The fourth-order valence-electron chi connectivity index (χ4n) is 2.64. The van der Waals surface area contributed by atoms with Crippen molar-refractivity contribution in [1.82, 2.24) is 5.32 Å². The lowest BCUT2D eigenvalue weighted by Gasteiger charge is -2.28. The van der Waals surface area contributed by atoms with Crippen LogP contribution < -0.4 is 11.1 Å². The van der Waals surface area contributed by atoms with Crippen LogP contribution in [0.4, 0.5) is 4.39 Å². The highest BCUT2D eigenvalue weighted by atomic mass is 19.1. The SMILES string of the molecule is NC(=O)C1(NCC(O)c2ccccc2F)CCCC1. The highest BCUT2D eigenvalue weighted by Crippen LogP contribution is 2.30. The normalized spacial score (nSPS) is 19.3. The van der Waals surface area contributed by atoms with Crippen molar-refractivity contribution in [2.75, 3.05) is 6.54 Å². The minimum Gasteiger partial charge on any atom is -0.387 e. The second-order valence-corrected chi connectivity index (χ2v) is 5.07. The molecule has 1 saturated carbocycles. The highest BCUT2D eigenvalue weighted by Gasteiger charge is 2.39. The second kappa shape index (κ2) is 5.67. The van der Waals surface area contributed by atoms with Crippen LogP contribution in [0.25, 0.3) is 0 Å². The zero-order valence-corrected chi connectivity index (χ0v) is 10.7. The molecular formula is C14H19FN2O2. The Morgan fingerprint density at radius 3 is 2.63 bits per heavy atom. The van der Waals surface area contributed by atoms with Crippen LogP contribution in [0, 0.1) is 5.82 Å². The van der Waals surface area contributed by atoms with Gasteiger partial charge in [-0.25, -0.2) is 4.39 Å². The molecule has 1 aromatic carbocycles. The number of amides is 1. The van der Waals surface area contributed by atoms with Gasteiger partial charge in [0.25, 0.3) is 0 Å². The average Bonchev–Trinajstić information content (AvgIpc) is 2.86. The van der Waals surface area contributed by atoms with Crippen molar-refractivity contribution >= 4 is 5.91 Å². The largest absolute Gasteiger partial charge is 0.387 e. The minimum absolute atomic E-state index is 0.115. The number of rotatable bonds is 5. The van der Waals surface area contributed by atoms with Gasteiger partial charge in [-0.15, -0.1) is 0 Å². The number of aliphatic hydroxyl groups is 1. The molecule has 1 atom stereocenters. The number of primary amides is 1. The second-order valence-electron chi connectivity index (χ2n) is 5.07. The lowest BCUT2D eigenvalue weighted by Crippen LogP contribution is -2.54. The summed E-state index contributed by atoms with van der Waals surface area (Å²) < 4.78 is 13.5. The number of hydrogen-bond acceptors (Lipinski definition) is 3. The molecule has 1 fully saturated rings. The number of carbonyl (C=O) groups is 1. The lowest BCUT2D eigenvalue weighted by molar-refractivity contribution is -0.124. The molecule has 19 heavy (non-hydrogen) atoms. The van der Waals surface area contributed by atoms with Crippen molar-refractivity contribution in [3.63, 3.8) is 0 Å². The predicted molar refractivity (Wildman–Crippen MR) is 69.8 cm³/mol. The Morgan fingerprint density at radius 2 is 2.05 bits per heavy atom. The van der Waals surface area contributed by atoms with Crippen molar-refractivity contribution in [1.29, 1.82) is 0 Å². The summed E-state index contributed by atoms with van der Waals surface area (Å²) in [5.74, 6) is -0.845. The molecule has 1 unspecified atom stereocenters. The number of β-amino-alcohol motifs (C(OH)–C–C–N with tert-alkyl or cyclic N) is 1. The molecule has 1 aliphatic carbocycles. The van der Waals surface area contributed by atoms with Gasteiger partial charge in [0.2, 0.25) is 5.91 Å². The number of carbonyl (C=O) groups excluding carboxylic acids is 1. The average molecular weight is 266 g/mol. The van der Waals surface area contributed by atoms with Gasteiger partial charge in [-0.05, 0) is 18.9 Å². The molecule has 5 heteroatoms. The molecule has 0 bridgehead atoms. The van der Waals surface area contributed by atoms with Gasteiger partial charge in [0.15, 0.2) is 0 Å². The lowest BCUT2D eigenvalue weighted by atomic mass is 9.96. The van der Waals surface area contributed by atoms with E-state index in [4.69, 9.17) is 5.73 Å². The topological polar surface area (TPSA) is 75.4 Å². The molecule has 4 N–H and O–H groups in total. The molecule has 2 rings (SSSR count). The van der Waals surface area contributed by atoms with Crippen LogP contribution in [0.1, 0.15) is 37.4 Å². The summed E-state index contributed by atoms with van der Waals surface area (Å²) in [5, 5.41) is 13.0. The van der Waals surface area contributed by atoms with Gasteiger partial charge in [0.1, 0.15) is 5.82 Å². The van der Waals surface area contributed by atoms with Gasteiger partial charge < -0.3 is 16.2 Å². The fourth-order valence-corrected chi connectivity index (χ4v) is 2.64. The Labute approximate surface area is 111 Å². The maximum absolute atomic E-state index is 13.5. The summed E-state index contributed by atoms with van der Waals surface area (Å²) in [6.45, 7) is 0.115. The van der Waals surface area contributed by atoms with Crippen LogP contribution in [0.2, 0.25) is 0 Å². The molecule has 0 saturated heterocycles. The molecule has 0 heterocycles. The number of nitrogens with two attached hydrogens (primary N) is 1. The Morgan fingerprint density at radius 1 is 1.42 bits per heavy atom. The first-order valence-electron chi connectivity index (χ1n) is 6.52. The van der Waals surface area contributed by atoms with E-state index >= 15 is 0 Å². The van der Waals surface area contributed by atoms with Crippen LogP contribution >= 0.6 is 0 Å². The number of benzene rings is 1. The Bertz CT molecular complexity index is 459. The first-order chi connectivity index (χ1) is 9.05. The highest BCUT2D eigenvalue weighted by molar-refractivity contribution is 5.85. The van der Waals surface area contributed by atoms with Gasteiger partial charge in [0, 0.05) is 12.1 Å². The van der Waals surface area contributed by atoms with Crippen LogP contribution in [0.5, 0.6) is 0 Å². The predicted octanol–water partition coefficient (Wildman–Crippen LogP) is 1.25. The van der Waals surface area contributed by atoms with Crippen molar-refractivity contribution in [2.24, 2.45) is 5.73 Å².